The molecule has 0 bridgehead atoms. The minimum Gasteiger partial charge on any atom is -0.309 e. The first kappa shape index (κ1) is 13.3. The van der Waals surface area contributed by atoms with Crippen LogP contribution in [-0.4, -0.2) is 31.1 Å². The summed E-state index contributed by atoms with van der Waals surface area (Å²) in [6.07, 6.45) is 2.54. The van der Waals surface area contributed by atoms with E-state index >= 15 is 0 Å². The molecule has 0 saturated carbocycles. The summed E-state index contributed by atoms with van der Waals surface area (Å²) in [5, 5.41) is 4.43. The first-order valence-electron chi connectivity index (χ1n) is 6.01. The summed E-state index contributed by atoms with van der Waals surface area (Å²) in [5.74, 6) is 0. The number of hydrogen-bond donors (Lipinski definition) is 1. The second-order valence-electron chi connectivity index (χ2n) is 4.72. The smallest absolute Gasteiger partial charge is 0.0451 e. The molecule has 0 aliphatic carbocycles. The molecule has 1 aliphatic rings. The predicted molar refractivity (Wildman–Crippen MR) is 76.5 cm³/mol. The van der Waals surface area contributed by atoms with E-state index in [0.717, 1.165) is 28.1 Å². The monoisotopic (exact) mass is 316 g/mol. The largest absolute Gasteiger partial charge is 0.309 e. The van der Waals surface area contributed by atoms with Gasteiger partial charge in [-0.05, 0) is 50.2 Å². The van der Waals surface area contributed by atoms with Crippen LogP contribution in [0.25, 0.3) is 0 Å². The van der Waals surface area contributed by atoms with Crippen molar-refractivity contribution in [2.24, 2.45) is 0 Å². The molecule has 0 aromatic heterocycles. The van der Waals surface area contributed by atoms with Gasteiger partial charge in [-0.2, -0.15) is 0 Å². The summed E-state index contributed by atoms with van der Waals surface area (Å²) in [6, 6.07) is 6.58. The summed E-state index contributed by atoms with van der Waals surface area (Å²) in [6.45, 7) is 3.19. The number of rotatable bonds is 3. The number of likely N-dealkylation sites (N-methyl/N-ethyl adjacent to an activating group) is 1. The molecule has 0 amide bonds. The molecule has 0 spiro atoms. The van der Waals surface area contributed by atoms with E-state index < -0.39 is 0 Å². The molecular formula is C13H18BrClN2. The molecule has 2 rings (SSSR count). The summed E-state index contributed by atoms with van der Waals surface area (Å²) >= 11 is 9.65. The lowest BCUT2D eigenvalue weighted by Crippen LogP contribution is -2.43. The maximum Gasteiger partial charge on any atom is 0.0451 e. The number of hydrogen-bond acceptors (Lipinski definition) is 2. The topological polar surface area (TPSA) is 15.3 Å². The van der Waals surface area contributed by atoms with Crippen LogP contribution in [0.3, 0.4) is 0 Å². The van der Waals surface area contributed by atoms with Gasteiger partial charge in [0.2, 0.25) is 0 Å². The second-order valence-corrected chi connectivity index (χ2v) is 6.04. The zero-order chi connectivity index (χ0) is 12.3. The average Bonchev–Trinajstić information content (AvgIpc) is 2.30. The van der Waals surface area contributed by atoms with Crippen molar-refractivity contribution in [1.82, 2.24) is 10.2 Å². The Morgan fingerprint density at radius 1 is 1.53 bits per heavy atom. The first-order chi connectivity index (χ1) is 8.15. The summed E-state index contributed by atoms with van der Waals surface area (Å²) in [4.78, 5) is 2.38. The molecule has 1 atom stereocenters. The van der Waals surface area contributed by atoms with E-state index in [9.17, 15) is 0 Å². The highest BCUT2D eigenvalue weighted by Gasteiger charge is 2.16. The lowest BCUT2D eigenvalue weighted by molar-refractivity contribution is 0.226. The molecule has 4 heteroatoms. The minimum atomic E-state index is 0.587. The number of nitrogens with zero attached hydrogens (tertiary/aromatic N) is 1. The number of benzene rings is 1. The third-order valence-corrected chi connectivity index (χ3v) is 4.08. The van der Waals surface area contributed by atoms with E-state index in [1.54, 1.807) is 0 Å². The van der Waals surface area contributed by atoms with Crippen LogP contribution in [-0.2, 0) is 6.54 Å². The Bertz CT molecular complexity index is 384. The molecule has 0 radical (unpaired) electrons. The Balaban J connectivity index is 1.90. The van der Waals surface area contributed by atoms with Crippen LogP contribution in [0.2, 0.25) is 5.02 Å². The van der Waals surface area contributed by atoms with Gasteiger partial charge in [-0.25, -0.2) is 0 Å². The van der Waals surface area contributed by atoms with Gasteiger partial charge in [0.25, 0.3) is 0 Å². The van der Waals surface area contributed by atoms with Crippen LogP contribution in [0.5, 0.6) is 0 Å². The number of nitrogens with one attached hydrogen (secondary N) is 1. The van der Waals surface area contributed by atoms with Crippen molar-refractivity contribution < 1.29 is 0 Å². The van der Waals surface area contributed by atoms with Crippen molar-refractivity contribution in [2.45, 2.75) is 25.4 Å². The lowest BCUT2D eigenvalue weighted by Gasteiger charge is -2.30. The van der Waals surface area contributed by atoms with E-state index in [-0.39, 0.29) is 0 Å². The number of piperidine rings is 1. The first-order valence-corrected chi connectivity index (χ1v) is 7.18. The van der Waals surface area contributed by atoms with Crippen LogP contribution in [0, 0.1) is 0 Å². The maximum absolute atomic E-state index is 6.17. The fourth-order valence-corrected chi connectivity index (χ4v) is 2.86. The molecule has 1 heterocycles. The predicted octanol–water partition coefficient (Wildman–Crippen LogP) is 3.29. The molecule has 1 aliphatic heterocycles. The van der Waals surface area contributed by atoms with E-state index in [0.29, 0.717) is 6.04 Å². The summed E-state index contributed by atoms with van der Waals surface area (Å²) in [7, 11) is 2.18. The van der Waals surface area contributed by atoms with Crippen LogP contribution in [0.1, 0.15) is 18.4 Å². The molecule has 2 nitrogen and oxygen atoms in total. The quantitative estimate of drug-likeness (QED) is 0.920. The highest BCUT2D eigenvalue weighted by Crippen LogP contribution is 2.21. The third kappa shape index (κ3) is 3.95. The van der Waals surface area contributed by atoms with Crippen LogP contribution < -0.4 is 5.32 Å². The van der Waals surface area contributed by atoms with Gasteiger partial charge < -0.3 is 10.2 Å². The van der Waals surface area contributed by atoms with Crippen molar-refractivity contribution >= 4 is 27.5 Å². The van der Waals surface area contributed by atoms with Gasteiger partial charge in [0.05, 0.1) is 0 Å². The van der Waals surface area contributed by atoms with Crippen molar-refractivity contribution in [3.63, 3.8) is 0 Å². The van der Waals surface area contributed by atoms with Crippen LogP contribution in [0.4, 0.5) is 0 Å². The van der Waals surface area contributed by atoms with E-state index in [1.165, 1.54) is 19.4 Å². The van der Waals surface area contributed by atoms with Gasteiger partial charge in [-0.3, -0.25) is 0 Å². The average molecular weight is 318 g/mol. The molecule has 1 aromatic rings. The Kier molecular flexibility index (Phi) is 4.86. The summed E-state index contributed by atoms with van der Waals surface area (Å²) < 4.78 is 1.08. The van der Waals surface area contributed by atoms with Crippen LogP contribution >= 0.6 is 27.5 Å². The molecule has 1 fully saturated rings. The maximum atomic E-state index is 6.17. The lowest BCUT2D eigenvalue weighted by atomic mass is 10.1. The van der Waals surface area contributed by atoms with Gasteiger partial charge in [-0.1, -0.05) is 27.5 Å². The standard InChI is InChI=1S/C13H18BrClN2/c1-17-6-2-3-12(9-17)16-8-10-7-11(14)4-5-13(10)15/h4-5,7,12,16H,2-3,6,8-9H2,1H3. The zero-order valence-corrected chi connectivity index (χ0v) is 12.4. The molecule has 1 saturated heterocycles. The van der Waals surface area contributed by atoms with E-state index in [2.05, 4.69) is 39.3 Å². The Labute approximate surface area is 116 Å². The van der Waals surface area contributed by atoms with Gasteiger partial charge >= 0.3 is 0 Å². The van der Waals surface area contributed by atoms with Crippen molar-refractivity contribution in [2.75, 3.05) is 20.1 Å². The van der Waals surface area contributed by atoms with E-state index in [1.807, 2.05) is 12.1 Å². The molecule has 1 N–H and O–H groups in total. The molecule has 1 unspecified atom stereocenters. The fraction of sp³-hybridized carbons (Fsp3) is 0.538. The van der Waals surface area contributed by atoms with Crippen LogP contribution in [0.15, 0.2) is 22.7 Å². The van der Waals surface area contributed by atoms with E-state index in [4.69, 9.17) is 11.6 Å². The highest BCUT2D eigenvalue weighted by molar-refractivity contribution is 9.10. The Morgan fingerprint density at radius 3 is 3.12 bits per heavy atom. The molecule has 17 heavy (non-hydrogen) atoms. The van der Waals surface area contributed by atoms with Gasteiger partial charge in [0.1, 0.15) is 0 Å². The van der Waals surface area contributed by atoms with Gasteiger partial charge in [-0.15, -0.1) is 0 Å². The SMILES string of the molecule is CN1CCCC(NCc2cc(Br)ccc2Cl)C1. The number of likely N-dealkylation sites (tertiary alicyclic amines) is 1. The molecular weight excluding hydrogens is 300 g/mol. The third-order valence-electron chi connectivity index (χ3n) is 3.21. The van der Waals surface area contributed by atoms with Crippen molar-refractivity contribution in [1.29, 1.82) is 0 Å². The number of halogens is 2. The summed E-state index contributed by atoms with van der Waals surface area (Å²) in [5.41, 5.74) is 1.16. The minimum absolute atomic E-state index is 0.587. The van der Waals surface area contributed by atoms with Crippen molar-refractivity contribution in [3.8, 4) is 0 Å². The van der Waals surface area contributed by atoms with Gasteiger partial charge in [0.15, 0.2) is 0 Å². The Hall–Kier alpha value is -0.0900. The Morgan fingerprint density at radius 2 is 2.35 bits per heavy atom. The fourth-order valence-electron chi connectivity index (χ4n) is 2.27. The molecule has 94 valence electrons. The zero-order valence-electron chi connectivity index (χ0n) is 10.0. The highest BCUT2D eigenvalue weighted by atomic mass is 79.9. The normalized spacial score (nSPS) is 21.7. The van der Waals surface area contributed by atoms with Crippen molar-refractivity contribution in [3.05, 3.63) is 33.3 Å². The van der Waals surface area contributed by atoms with Gasteiger partial charge in [0, 0.05) is 28.6 Å². The second kappa shape index (κ2) is 6.19. The molecule has 1 aromatic carbocycles.